The van der Waals surface area contributed by atoms with Crippen LogP contribution in [0, 0.1) is 9.39 Å². The van der Waals surface area contributed by atoms with E-state index >= 15 is 0 Å². The molecule has 78 valence electrons. The van der Waals surface area contributed by atoms with E-state index in [4.69, 9.17) is 5.73 Å². The minimum Gasteiger partial charge on any atom is -0.395 e. The molecule has 0 fully saturated rings. The first-order valence-electron chi connectivity index (χ1n) is 3.25. The molecule has 14 heavy (non-hydrogen) atoms. The Balaban J connectivity index is 3.49. The van der Waals surface area contributed by atoms with Crippen LogP contribution in [0.2, 0.25) is 0 Å². The number of halogens is 6. The maximum absolute atomic E-state index is 12.9. The van der Waals surface area contributed by atoms with Gasteiger partial charge in [0.05, 0.1) is 14.8 Å². The molecule has 0 spiro atoms. The highest BCUT2D eigenvalue weighted by atomic mass is 127. The molecule has 0 heterocycles. The van der Waals surface area contributed by atoms with E-state index in [0.717, 1.165) is 0 Å². The minimum absolute atomic E-state index is 0.0231. The normalized spacial score (nSPS) is 11.9. The quantitative estimate of drug-likeness (QED) is 0.313. The average Bonchev–Trinajstić information content (AvgIpc) is 2.06. The molecule has 7 heteroatoms. The van der Waals surface area contributed by atoms with E-state index in [-0.39, 0.29) is 13.7 Å². The molecule has 1 aromatic rings. The zero-order valence-electron chi connectivity index (χ0n) is 6.42. The van der Waals surface area contributed by atoms with Gasteiger partial charge < -0.3 is 5.73 Å². The summed E-state index contributed by atoms with van der Waals surface area (Å²) in [7, 11) is 0. The number of rotatable bonds is 0. The van der Waals surface area contributed by atoms with E-state index in [1.54, 1.807) is 22.6 Å². The third-order valence-electron chi connectivity index (χ3n) is 1.50. The summed E-state index contributed by atoms with van der Waals surface area (Å²) in [5.41, 5.74) is 3.87. The molecule has 2 N–H and O–H groups in total. The lowest BCUT2D eigenvalue weighted by Gasteiger charge is -2.12. The topological polar surface area (TPSA) is 26.0 Å². The molecular formula is C7H3BrF4IN. The van der Waals surface area contributed by atoms with Gasteiger partial charge in [0.15, 0.2) is 0 Å². The number of benzene rings is 1. The van der Waals surface area contributed by atoms with Crippen LogP contribution in [0.4, 0.5) is 23.2 Å². The second-order valence-electron chi connectivity index (χ2n) is 2.45. The summed E-state index contributed by atoms with van der Waals surface area (Å²) < 4.78 is 49.6. The van der Waals surface area contributed by atoms with Crippen molar-refractivity contribution in [2.24, 2.45) is 0 Å². The van der Waals surface area contributed by atoms with Crippen LogP contribution in [0.15, 0.2) is 10.5 Å². The van der Waals surface area contributed by atoms with Gasteiger partial charge >= 0.3 is 6.18 Å². The van der Waals surface area contributed by atoms with Crippen molar-refractivity contribution >= 4 is 44.2 Å². The van der Waals surface area contributed by atoms with Gasteiger partial charge in [0.25, 0.3) is 0 Å². The highest BCUT2D eigenvalue weighted by Crippen LogP contribution is 2.39. The van der Waals surface area contributed by atoms with Gasteiger partial charge in [-0.15, -0.1) is 0 Å². The van der Waals surface area contributed by atoms with Crippen molar-refractivity contribution in [3.63, 3.8) is 0 Å². The van der Waals surface area contributed by atoms with Crippen LogP contribution in [0.25, 0.3) is 0 Å². The molecule has 0 radical (unpaired) electrons. The Labute approximate surface area is 98.9 Å². The largest absolute Gasteiger partial charge is 0.417 e. The van der Waals surface area contributed by atoms with Crippen molar-refractivity contribution in [3.8, 4) is 0 Å². The molecule has 0 saturated carbocycles. The Hall–Kier alpha value is -0.0500. The van der Waals surface area contributed by atoms with Crippen molar-refractivity contribution < 1.29 is 17.6 Å². The Morgan fingerprint density at radius 2 is 1.86 bits per heavy atom. The lowest BCUT2D eigenvalue weighted by molar-refractivity contribution is -0.138. The van der Waals surface area contributed by atoms with Crippen molar-refractivity contribution in [1.29, 1.82) is 0 Å². The van der Waals surface area contributed by atoms with Crippen LogP contribution in [0.3, 0.4) is 0 Å². The molecule has 1 rings (SSSR count). The fraction of sp³-hybridized carbons (Fsp3) is 0.143. The molecule has 0 aromatic heterocycles. The smallest absolute Gasteiger partial charge is 0.395 e. The summed E-state index contributed by atoms with van der Waals surface area (Å²) >= 11 is 4.28. The standard InChI is InChI=1S/C7H3BrF4IN/c8-4-2(7(10,11)12)1-3(9)6(14)5(4)13/h1H,14H2. The molecule has 0 atom stereocenters. The number of alkyl halides is 3. The van der Waals surface area contributed by atoms with E-state index in [0.29, 0.717) is 6.07 Å². The van der Waals surface area contributed by atoms with Crippen LogP contribution in [-0.2, 0) is 6.18 Å². The van der Waals surface area contributed by atoms with Gasteiger partial charge in [-0.2, -0.15) is 13.2 Å². The number of anilines is 1. The molecule has 1 aromatic carbocycles. The van der Waals surface area contributed by atoms with Crippen molar-refractivity contribution in [1.82, 2.24) is 0 Å². The maximum Gasteiger partial charge on any atom is 0.417 e. The summed E-state index contributed by atoms with van der Waals surface area (Å²) in [6.45, 7) is 0. The summed E-state index contributed by atoms with van der Waals surface area (Å²) in [6, 6.07) is 0.377. The van der Waals surface area contributed by atoms with Gasteiger partial charge in [-0.05, 0) is 44.6 Å². The monoisotopic (exact) mass is 383 g/mol. The molecule has 1 nitrogen and oxygen atoms in total. The van der Waals surface area contributed by atoms with E-state index < -0.39 is 17.6 Å². The highest BCUT2D eigenvalue weighted by molar-refractivity contribution is 14.1. The Kier molecular flexibility index (Phi) is 3.30. The average molecular weight is 384 g/mol. The van der Waals surface area contributed by atoms with E-state index in [1.165, 1.54) is 0 Å². The van der Waals surface area contributed by atoms with Crippen LogP contribution < -0.4 is 5.73 Å². The first kappa shape index (κ1) is 12.0. The first-order chi connectivity index (χ1) is 6.25. The number of nitrogen functional groups attached to an aromatic ring is 1. The SMILES string of the molecule is Nc1c(F)cc(C(F)(F)F)c(Br)c1I. The zero-order chi connectivity index (χ0) is 11.1. The second-order valence-corrected chi connectivity index (χ2v) is 4.32. The van der Waals surface area contributed by atoms with Gasteiger partial charge in [-0.1, -0.05) is 0 Å². The van der Waals surface area contributed by atoms with Gasteiger partial charge in [-0.25, -0.2) is 4.39 Å². The first-order valence-corrected chi connectivity index (χ1v) is 5.12. The zero-order valence-corrected chi connectivity index (χ0v) is 10.2. The summed E-state index contributed by atoms with van der Waals surface area (Å²) in [5, 5.41) is 0. The third kappa shape index (κ3) is 2.13. The molecule has 0 saturated heterocycles. The van der Waals surface area contributed by atoms with Crippen LogP contribution in [0.1, 0.15) is 5.56 Å². The van der Waals surface area contributed by atoms with E-state index in [2.05, 4.69) is 15.9 Å². The van der Waals surface area contributed by atoms with Crippen LogP contribution >= 0.6 is 38.5 Å². The molecule has 0 unspecified atom stereocenters. The molecule has 0 aliphatic heterocycles. The van der Waals surface area contributed by atoms with Crippen LogP contribution in [-0.4, -0.2) is 0 Å². The van der Waals surface area contributed by atoms with Crippen molar-refractivity contribution in [2.45, 2.75) is 6.18 Å². The molecule has 0 amide bonds. The predicted molar refractivity (Wildman–Crippen MR) is 56.2 cm³/mol. The number of hydrogen-bond acceptors (Lipinski definition) is 1. The van der Waals surface area contributed by atoms with Crippen LogP contribution in [0.5, 0.6) is 0 Å². The fourth-order valence-electron chi connectivity index (χ4n) is 0.815. The number of nitrogens with two attached hydrogens (primary N) is 1. The van der Waals surface area contributed by atoms with E-state index in [1.807, 2.05) is 0 Å². The predicted octanol–water partition coefficient (Wildman–Crippen LogP) is 3.79. The minimum atomic E-state index is -4.59. The fourth-order valence-corrected chi connectivity index (χ4v) is 1.92. The maximum atomic E-state index is 12.9. The van der Waals surface area contributed by atoms with Crippen molar-refractivity contribution in [3.05, 3.63) is 25.5 Å². The molecule has 0 bridgehead atoms. The van der Waals surface area contributed by atoms with Gasteiger partial charge in [0, 0.05) is 4.47 Å². The Bertz CT molecular complexity index is 377. The van der Waals surface area contributed by atoms with Gasteiger partial charge in [-0.3, -0.25) is 0 Å². The molecular weight excluding hydrogens is 381 g/mol. The summed E-state index contributed by atoms with van der Waals surface area (Å²) in [6.07, 6.45) is -4.59. The lowest BCUT2D eigenvalue weighted by Crippen LogP contribution is -2.09. The second kappa shape index (κ2) is 3.84. The highest BCUT2D eigenvalue weighted by Gasteiger charge is 2.35. The molecule has 0 aliphatic carbocycles. The van der Waals surface area contributed by atoms with E-state index in [9.17, 15) is 17.6 Å². The summed E-state index contributed by atoms with van der Waals surface area (Å²) in [4.78, 5) is 0. The summed E-state index contributed by atoms with van der Waals surface area (Å²) in [5.74, 6) is -1.06. The van der Waals surface area contributed by atoms with Gasteiger partial charge in [0.1, 0.15) is 5.82 Å². The lowest BCUT2D eigenvalue weighted by atomic mass is 10.2. The molecule has 0 aliphatic rings. The number of hydrogen-bond donors (Lipinski definition) is 1. The Morgan fingerprint density at radius 3 is 2.29 bits per heavy atom. The van der Waals surface area contributed by atoms with Gasteiger partial charge in [0.2, 0.25) is 0 Å². The Morgan fingerprint density at radius 1 is 1.36 bits per heavy atom. The third-order valence-corrected chi connectivity index (χ3v) is 4.18. The van der Waals surface area contributed by atoms with Crippen molar-refractivity contribution in [2.75, 3.05) is 5.73 Å².